The molecule has 0 bridgehead atoms. The van der Waals surface area contributed by atoms with Crippen LogP contribution in [0.1, 0.15) is 31.3 Å². The van der Waals surface area contributed by atoms with Crippen LogP contribution in [0.4, 0.5) is 5.82 Å². The summed E-state index contributed by atoms with van der Waals surface area (Å²) in [5.74, 6) is 1.87. The van der Waals surface area contributed by atoms with Crippen molar-refractivity contribution in [1.29, 1.82) is 0 Å². The third kappa shape index (κ3) is 4.15. The monoisotopic (exact) mass is 277 g/mol. The summed E-state index contributed by atoms with van der Waals surface area (Å²) in [5, 5.41) is 3.28. The van der Waals surface area contributed by atoms with Gasteiger partial charge in [-0.05, 0) is 47.3 Å². The van der Waals surface area contributed by atoms with Gasteiger partial charge in [-0.15, -0.1) is 0 Å². The zero-order chi connectivity index (χ0) is 14.5. The average molecular weight is 277 g/mol. The molecule has 0 aliphatic carbocycles. The van der Waals surface area contributed by atoms with Gasteiger partial charge in [-0.2, -0.15) is 0 Å². The van der Waals surface area contributed by atoms with E-state index in [1.807, 2.05) is 13.0 Å². The Morgan fingerprint density at radius 3 is 2.90 bits per heavy atom. The third-order valence-electron chi connectivity index (χ3n) is 3.83. The first-order valence-corrected chi connectivity index (χ1v) is 7.55. The molecule has 0 saturated carbocycles. The number of piperidine rings is 1. The van der Waals surface area contributed by atoms with E-state index in [9.17, 15) is 0 Å². The van der Waals surface area contributed by atoms with Crippen LogP contribution in [0, 0.1) is 6.92 Å². The van der Waals surface area contributed by atoms with E-state index in [0.29, 0.717) is 6.04 Å². The van der Waals surface area contributed by atoms with Crippen LogP contribution in [-0.4, -0.2) is 59.5 Å². The smallest absolute Gasteiger partial charge is 0.144 e. The van der Waals surface area contributed by atoms with Gasteiger partial charge in [0.15, 0.2) is 0 Å². The fourth-order valence-corrected chi connectivity index (χ4v) is 2.77. The molecule has 1 aromatic heterocycles. The molecule has 1 aliphatic rings. The highest BCUT2D eigenvalue weighted by atomic mass is 15.2. The van der Waals surface area contributed by atoms with Crippen molar-refractivity contribution in [2.75, 3.05) is 39.0 Å². The van der Waals surface area contributed by atoms with Crippen molar-refractivity contribution < 1.29 is 0 Å². The standard InChI is InChI=1S/C15H27N5/c1-5-16-14-9-12(2)17-15(18-14)11-20-8-6-7-13(10-20)19(3)4/h9,13H,5-8,10-11H2,1-4H3,(H,16,17,18). The molecule has 0 spiro atoms. The molecule has 112 valence electrons. The fourth-order valence-electron chi connectivity index (χ4n) is 2.77. The van der Waals surface area contributed by atoms with E-state index >= 15 is 0 Å². The van der Waals surface area contributed by atoms with Crippen LogP contribution >= 0.6 is 0 Å². The maximum absolute atomic E-state index is 4.61. The van der Waals surface area contributed by atoms with Gasteiger partial charge in [0.1, 0.15) is 11.6 Å². The Morgan fingerprint density at radius 1 is 1.40 bits per heavy atom. The molecule has 1 aliphatic heterocycles. The Hall–Kier alpha value is -1.20. The molecule has 2 rings (SSSR count). The van der Waals surface area contributed by atoms with Crippen LogP contribution < -0.4 is 5.32 Å². The summed E-state index contributed by atoms with van der Waals surface area (Å²) in [7, 11) is 4.33. The highest BCUT2D eigenvalue weighted by molar-refractivity contribution is 5.35. The highest BCUT2D eigenvalue weighted by Gasteiger charge is 2.22. The van der Waals surface area contributed by atoms with Crippen LogP contribution in [0.15, 0.2) is 6.07 Å². The van der Waals surface area contributed by atoms with Gasteiger partial charge in [-0.1, -0.05) is 0 Å². The number of anilines is 1. The number of nitrogens with zero attached hydrogens (tertiary/aromatic N) is 4. The summed E-state index contributed by atoms with van der Waals surface area (Å²) < 4.78 is 0. The molecule has 1 aromatic rings. The lowest BCUT2D eigenvalue weighted by Crippen LogP contribution is -2.44. The van der Waals surface area contributed by atoms with Crippen molar-refractivity contribution >= 4 is 5.82 Å². The van der Waals surface area contributed by atoms with E-state index in [1.165, 1.54) is 12.8 Å². The number of likely N-dealkylation sites (N-methyl/N-ethyl adjacent to an activating group) is 1. The summed E-state index contributed by atoms with van der Waals surface area (Å²) in [6, 6.07) is 2.66. The molecule has 5 nitrogen and oxygen atoms in total. The maximum atomic E-state index is 4.61. The normalized spacial score (nSPS) is 20.4. The molecule has 20 heavy (non-hydrogen) atoms. The molecule has 0 radical (unpaired) electrons. The largest absolute Gasteiger partial charge is 0.370 e. The van der Waals surface area contributed by atoms with Crippen molar-refractivity contribution in [3.8, 4) is 0 Å². The second-order valence-corrected chi connectivity index (χ2v) is 5.84. The lowest BCUT2D eigenvalue weighted by molar-refractivity contribution is 0.125. The topological polar surface area (TPSA) is 44.3 Å². The minimum Gasteiger partial charge on any atom is -0.370 e. The summed E-state index contributed by atoms with van der Waals surface area (Å²) in [6.45, 7) is 8.13. The maximum Gasteiger partial charge on any atom is 0.144 e. The van der Waals surface area contributed by atoms with E-state index in [-0.39, 0.29) is 0 Å². The van der Waals surface area contributed by atoms with Gasteiger partial charge >= 0.3 is 0 Å². The lowest BCUT2D eigenvalue weighted by Gasteiger charge is -2.35. The number of likely N-dealkylation sites (tertiary alicyclic amines) is 1. The van der Waals surface area contributed by atoms with Crippen molar-refractivity contribution in [1.82, 2.24) is 19.8 Å². The first-order chi connectivity index (χ1) is 9.58. The Balaban J connectivity index is 2.01. The minimum absolute atomic E-state index is 0.654. The van der Waals surface area contributed by atoms with Gasteiger partial charge < -0.3 is 10.2 Å². The molecular weight excluding hydrogens is 250 g/mol. The molecule has 1 N–H and O–H groups in total. The molecule has 1 unspecified atom stereocenters. The molecule has 1 fully saturated rings. The van der Waals surface area contributed by atoms with Gasteiger partial charge in [-0.3, -0.25) is 4.90 Å². The fraction of sp³-hybridized carbons (Fsp3) is 0.733. The van der Waals surface area contributed by atoms with Gasteiger partial charge in [0.25, 0.3) is 0 Å². The van der Waals surface area contributed by atoms with E-state index in [1.54, 1.807) is 0 Å². The third-order valence-corrected chi connectivity index (χ3v) is 3.83. The zero-order valence-corrected chi connectivity index (χ0v) is 13.2. The Morgan fingerprint density at radius 2 is 2.20 bits per heavy atom. The predicted molar refractivity (Wildman–Crippen MR) is 82.9 cm³/mol. The first-order valence-electron chi connectivity index (χ1n) is 7.55. The number of nitrogens with one attached hydrogen (secondary N) is 1. The van der Waals surface area contributed by atoms with Crippen LogP contribution in [0.25, 0.3) is 0 Å². The molecule has 0 amide bonds. The molecule has 5 heteroatoms. The van der Waals surface area contributed by atoms with Crippen molar-refractivity contribution in [2.24, 2.45) is 0 Å². The van der Waals surface area contributed by atoms with Gasteiger partial charge in [0.2, 0.25) is 0 Å². The number of aryl methyl sites for hydroxylation is 1. The second-order valence-electron chi connectivity index (χ2n) is 5.84. The SMILES string of the molecule is CCNc1cc(C)nc(CN2CCCC(N(C)C)C2)n1. The predicted octanol–water partition coefficient (Wildman–Crippen LogP) is 1.74. The van der Waals surface area contributed by atoms with Gasteiger partial charge in [0, 0.05) is 30.9 Å². The molecule has 1 atom stereocenters. The van der Waals surface area contributed by atoms with Crippen LogP contribution in [0.2, 0.25) is 0 Å². The lowest BCUT2D eigenvalue weighted by atomic mass is 10.1. The highest BCUT2D eigenvalue weighted by Crippen LogP contribution is 2.16. The quantitative estimate of drug-likeness (QED) is 0.888. The average Bonchev–Trinajstić information content (AvgIpc) is 2.38. The number of rotatable bonds is 5. The Bertz CT molecular complexity index is 432. The number of aromatic nitrogens is 2. The Labute approximate surface area is 122 Å². The minimum atomic E-state index is 0.654. The summed E-state index contributed by atoms with van der Waals surface area (Å²) >= 11 is 0. The summed E-state index contributed by atoms with van der Waals surface area (Å²) in [6.07, 6.45) is 2.55. The number of hydrogen-bond acceptors (Lipinski definition) is 5. The second kappa shape index (κ2) is 6.99. The van der Waals surface area contributed by atoms with E-state index in [0.717, 1.165) is 43.5 Å². The first kappa shape index (κ1) is 15.2. The van der Waals surface area contributed by atoms with Crippen molar-refractivity contribution in [2.45, 2.75) is 39.3 Å². The number of hydrogen-bond donors (Lipinski definition) is 1. The summed E-state index contributed by atoms with van der Waals surface area (Å²) in [4.78, 5) is 14.0. The van der Waals surface area contributed by atoms with Gasteiger partial charge in [-0.25, -0.2) is 9.97 Å². The van der Waals surface area contributed by atoms with E-state index < -0.39 is 0 Å². The molecule has 0 aromatic carbocycles. The van der Waals surface area contributed by atoms with Crippen LogP contribution in [0.5, 0.6) is 0 Å². The van der Waals surface area contributed by atoms with Crippen LogP contribution in [-0.2, 0) is 6.54 Å². The summed E-state index contributed by atoms with van der Waals surface area (Å²) in [5.41, 5.74) is 1.03. The van der Waals surface area contributed by atoms with Gasteiger partial charge in [0.05, 0.1) is 6.54 Å². The van der Waals surface area contributed by atoms with Crippen LogP contribution in [0.3, 0.4) is 0 Å². The molecule has 2 heterocycles. The van der Waals surface area contributed by atoms with Crippen molar-refractivity contribution in [3.63, 3.8) is 0 Å². The Kier molecular flexibility index (Phi) is 5.31. The molecular formula is C15H27N5. The van der Waals surface area contributed by atoms with E-state index in [4.69, 9.17) is 0 Å². The zero-order valence-electron chi connectivity index (χ0n) is 13.2. The molecule has 1 saturated heterocycles. The van der Waals surface area contributed by atoms with Crippen molar-refractivity contribution in [3.05, 3.63) is 17.6 Å². The van der Waals surface area contributed by atoms with E-state index in [2.05, 4.69) is 46.1 Å².